The summed E-state index contributed by atoms with van der Waals surface area (Å²) in [5.74, 6) is 1.15. The summed E-state index contributed by atoms with van der Waals surface area (Å²) in [5.41, 5.74) is 16.8. The number of aromatic hydroxyl groups is 2. The minimum Gasteiger partial charge on any atom is -0.508 e. The molecule has 4 aliphatic rings. The fourth-order valence-electron chi connectivity index (χ4n) is 9.70. The lowest BCUT2D eigenvalue weighted by Gasteiger charge is -2.34. The van der Waals surface area contributed by atoms with E-state index in [1.165, 1.54) is 17.2 Å². The summed E-state index contributed by atoms with van der Waals surface area (Å²) in [6.07, 6.45) is 3.92. The zero-order chi connectivity index (χ0) is 46.2. The predicted molar refractivity (Wildman–Crippen MR) is 255 cm³/mol. The van der Waals surface area contributed by atoms with Crippen molar-refractivity contribution in [2.24, 2.45) is 0 Å². The Balaban J connectivity index is 0.717. The van der Waals surface area contributed by atoms with Crippen molar-refractivity contribution in [1.29, 1.82) is 0 Å². The second-order valence-corrected chi connectivity index (χ2v) is 18.4. The number of rotatable bonds is 10. The lowest BCUT2D eigenvalue weighted by atomic mass is 9.98. The quantitative estimate of drug-likeness (QED) is 0.141. The van der Waals surface area contributed by atoms with Gasteiger partial charge in [0.15, 0.2) is 5.82 Å². The number of carbonyl (C=O) groups excluding carboxylic acids is 2. The van der Waals surface area contributed by atoms with Gasteiger partial charge in [-0.05, 0) is 69.5 Å². The van der Waals surface area contributed by atoms with E-state index in [-0.39, 0.29) is 40.7 Å². The fourth-order valence-corrected chi connectivity index (χ4v) is 9.70. The second kappa shape index (κ2) is 18.7. The summed E-state index contributed by atoms with van der Waals surface area (Å²) in [5, 5.41) is 20.8. The van der Waals surface area contributed by atoms with Gasteiger partial charge in [-0.1, -0.05) is 68.4 Å². The summed E-state index contributed by atoms with van der Waals surface area (Å²) in [6, 6.07) is 26.0. The molecule has 15 heteroatoms. The SMILES string of the molecule is CC(C)c1cc(C(=O)N2Cc3ccc(CN4CCN(Cc5ccc(-c6ccc(C(=O)N7CCc8c(nc(-c9cnc(N)nc9)nc8N8CCOCC8)C7)cc6)cc5)CC4)cc3C2)c(O)cc1O. The van der Waals surface area contributed by atoms with Gasteiger partial charge in [0.1, 0.15) is 17.3 Å². The van der Waals surface area contributed by atoms with E-state index in [0.717, 1.165) is 91.7 Å². The van der Waals surface area contributed by atoms with Crippen LogP contribution in [0.4, 0.5) is 11.8 Å². The largest absolute Gasteiger partial charge is 0.508 e. The first-order valence-corrected chi connectivity index (χ1v) is 23.2. The molecule has 0 radical (unpaired) electrons. The van der Waals surface area contributed by atoms with Gasteiger partial charge in [0.05, 0.1) is 36.6 Å². The van der Waals surface area contributed by atoms with Crippen LogP contribution in [-0.4, -0.2) is 121 Å². The Labute approximate surface area is 390 Å². The topological polar surface area (TPSA) is 178 Å². The first-order valence-electron chi connectivity index (χ1n) is 23.2. The van der Waals surface area contributed by atoms with Crippen molar-refractivity contribution >= 4 is 23.6 Å². The van der Waals surface area contributed by atoms with Gasteiger partial charge < -0.3 is 35.4 Å². The number of nitrogen functional groups attached to an aromatic ring is 1. The Bertz CT molecular complexity index is 2790. The molecule has 6 heterocycles. The van der Waals surface area contributed by atoms with Crippen LogP contribution in [-0.2, 0) is 43.9 Å². The number of amides is 2. The van der Waals surface area contributed by atoms with Crippen LogP contribution >= 0.6 is 0 Å². The maximum atomic E-state index is 13.9. The van der Waals surface area contributed by atoms with Gasteiger partial charge in [-0.25, -0.2) is 19.9 Å². The Morgan fingerprint density at radius 3 is 2.00 bits per heavy atom. The van der Waals surface area contributed by atoms with Crippen LogP contribution in [0.2, 0.25) is 0 Å². The van der Waals surface area contributed by atoms with Gasteiger partial charge in [-0.15, -0.1) is 0 Å². The highest BCUT2D eigenvalue weighted by Gasteiger charge is 2.30. The van der Waals surface area contributed by atoms with E-state index in [2.05, 4.69) is 67.1 Å². The number of anilines is 2. The summed E-state index contributed by atoms with van der Waals surface area (Å²) in [6.45, 7) is 14.2. The van der Waals surface area contributed by atoms with Crippen LogP contribution in [0.25, 0.3) is 22.5 Å². The van der Waals surface area contributed by atoms with Crippen LogP contribution in [0, 0.1) is 0 Å². The molecule has 15 nitrogen and oxygen atoms in total. The van der Waals surface area contributed by atoms with Crippen molar-refractivity contribution in [3.8, 4) is 34.0 Å². The minimum absolute atomic E-state index is 0.00370. The Morgan fingerprint density at radius 2 is 1.31 bits per heavy atom. The number of nitrogens with zero attached hydrogens (tertiary/aromatic N) is 9. The molecule has 10 rings (SSSR count). The van der Waals surface area contributed by atoms with E-state index in [4.69, 9.17) is 20.4 Å². The molecule has 4 aromatic carbocycles. The summed E-state index contributed by atoms with van der Waals surface area (Å²) in [7, 11) is 0. The minimum atomic E-state index is -0.232. The molecule has 0 spiro atoms. The molecule has 4 N–H and O–H groups in total. The predicted octanol–water partition coefficient (Wildman–Crippen LogP) is 6.23. The Morgan fingerprint density at radius 1 is 0.672 bits per heavy atom. The normalized spacial score (nSPS) is 16.6. The average Bonchev–Trinajstić information content (AvgIpc) is 3.78. The maximum absolute atomic E-state index is 13.9. The molecule has 0 atom stereocenters. The number of benzene rings is 4. The number of hydrogen-bond acceptors (Lipinski definition) is 13. The van der Waals surface area contributed by atoms with Crippen LogP contribution in [0.5, 0.6) is 11.5 Å². The molecule has 4 aliphatic heterocycles. The van der Waals surface area contributed by atoms with Crippen molar-refractivity contribution in [1.82, 2.24) is 39.5 Å². The number of aromatic nitrogens is 4. The Hall–Kier alpha value is -6.94. The van der Waals surface area contributed by atoms with Crippen molar-refractivity contribution in [2.45, 2.75) is 58.9 Å². The van der Waals surface area contributed by atoms with E-state index >= 15 is 0 Å². The van der Waals surface area contributed by atoms with Crippen molar-refractivity contribution < 1.29 is 24.5 Å². The molecule has 344 valence electrons. The molecule has 0 bridgehead atoms. The first-order chi connectivity index (χ1) is 32.5. The third-order valence-corrected chi connectivity index (χ3v) is 13.5. The number of phenolic OH excluding ortho intramolecular Hbond substituents is 2. The highest BCUT2D eigenvalue weighted by molar-refractivity contribution is 5.98. The van der Waals surface area contributed by atoms with Crippen molar-refractivity contribution in [3.63, 3.8) is 0 Å². The number of carbonyl (C=O) groups is 2. The summed E-state index contributed by atoms with van der Waals surface area (Å²) >= 11 is 0. The van der Waals surface area contributed by atoms with Crippen LogP contribution in [0.15, 0.2) is 91.3 Å². The van der Waals surface area contributed by atoms with Gasteiger partial charge in [-0.3, -0.25) is 19.4 Å². The third-order valence-electron chi connectivity index (χ3n) is 13.5. The molecule has 0 unspecified atom stereocenters. The molecule has 6 aromatic rings. The lowest BCUT2D eigenvalue weighted by Crippen LogP contribution is -2.45. The third kappa shape index (κ3) is 9.40. The standard InChI is InChI=1S/C52H56N10O5/c1-33(2)43-24-44(47(64)25-46(43)63)51(66)62-30-39-8-5-35(23-40(39)31-62)29-59-17-15-58(16-18-59)28-34-3-6-36(7-4-34)37-9-11-38(12-10-37)50(65)61-14-13-42-45(32-61)56-48(41-26-54-52(53)55-27-41)57-49(42)60-19-21-67-22-20-60/h3-12,23-27,33,63-64H,13-22,28-32H2,1-2H3,(H2,53,54,55). The van der Waals surface area contributed by atoms with E-state index in [0.29, 0.717) is 68.3 Å². The number of hydrogen-bond donors (Lipinski definition) is 3. The Kier molecular flexibility index (Phi) is 12.3. The monoisotopic (exact) mass is 900 g/mol. The van der Waals surface area contributed by atoms with Gasteiger partial charge in [0.2, 0.25) is 5.95 Å². The lowest BCUT2D eigenvalue weighted by molar-refractivity contribution is 0.0729. The number of ether oxygens (including phenoxy) is 1. The van der Waals surface area contributed by atoms with Gasteiger partial charge in [-0.2, -0.15) is 0 Å². The van der Waals surface area contributed by atoms with Gasteiger partial charge in [0.25, 0.3) is 11.8 Å². The van der Waals surface area contributed by atoms with E-state index in [9.17, 15) is 19.8 Å². The molecule has 67 heavy (non-hydrogen) atoms. The molecule has 0 saturated carbocycles. The number of morpholine rings is 1. The highest BCUT2D eigenvalue weighted by atomic mass is 16.5. The highest BCUT2D eigenvalue weighted by Crippen LogP contribution is 2.35. The molecule has 0 aliphatic carbocycles. The van der Waals surface area contributed by atoms with E-state index in [1.807, 2.05) is 43.0 Å². The van der Waals surface area contributed by atoms with Crippen LogP contribution < -0.4 is 10.6 Å². The molecule has 2 aromatic heterocycles. The zero-order valence-corrected chi connectivity index (χ0v) is 38.1. The van der Waals surface area contributed by atoms with Crippen molar-refractivity contribution in [3.05, 3.63) is 141 Å². The van der Waals surface area contributed by atoms with Crippen LogP contribution in [0.3, 0.4) is 0 Å². The molecular formula is C52H56N10O5. The number of nitrogens with two attached hydrogens (primary N) is 1. The van der Waals surface area contributed by atoms with Crippen LogP contribution in [0.1, 0.15) is 79.6 Å². The molecular weight excluding hydrogens is 845 g/mol. The average molecular weight is 901 g/mol. The van der Waals surface area contributed by atoms with Gasteiger partial charge >= 0.3 is 0 Å². The smallest absolute Gasteiger partial charge is 0.258 e. The molecule has 2 saturated heterocycles. The second-order valence-electron chi connectivity index (χ2n) is 18.4. The maximum Gasteiger partial charge on any atom is 0.258 e. The molecule has 2 fully saturated rings. The zero-order valence-electron chi connectivity index (χ0n) is 38.1. The number of phenols is 2. The first kappa shape index (κ1) is 43.9. The number of piperazine rings is 1. The summed E-state index contributed by atoms with van der Waals surface area (Å²) in [4.78, 5) is 56.5. The number of fused-ring (bicyclic) bond motifs is 2. The molecule has 2 amide bonds. The fraction of sp³-hybridized carbons (Fsp3) is 0.346. The van der Waals surface area contributed by atoms with E-state index in [1.54, 1.807) is 23.4 Å². The van der Waals surface area contributed by atoms with E-state index < -0.39 is 0 Å². The van der Waals surface area contributed by atoms with Gasteiger partial charge in [0, 0.05) is 102 Å². The van der Waals surface area contributed by atoms with Crippen molar-refractivity contribution in [2.75, 3.05) is 69.7 Å². The summed E-state index contributed by atoms with van der Waals surface area (Å²) < 4.78 is 5.62.